The standard InChI is InChI=1S/C23H28FN3O4S/c1-4-12-27-23(26-15-13-25(14-16-26)18-10-8-17(24)9-11-18)22(31-3)21-19(30-2)6-5-7-20(21)32(27,28)29/h5-11H,4,12-16H2,1-3H3. The Bertz CT molecular complexity index is 1110. The molecule has 9 heteroatoms. The van der Waals surface area contributed by atoms with E-state index in [4.69, 9.17) is 9.47 Å². The van der Waals surface area contributed by atoms with Crippen molar-refractivity contribution in [2.24, 2.45) is 0 Å². The number of nitrogens with zero attached hydrogens (tertiary/aromatic N) is 3. The molecule has 2 aliphatic heterocycles. The molecule has 0 aliphatic carbocycles. The van der Waals surface area contributed by atoms with Gasteiger partial charge >= 0.3 is 0 Å². The molecule has 0 saturated carbocycles. The van der Waals surface area contributed by atoms with Gasteiger partial charge in [-0.15, -0.1) is 0 Å². The second kappa shape index (κ2) is 8.90. The molecule has 7 nitrogen and oxygen atoms in total. The SMILES string of the molecule is CCCN1C(N2CCN(c3ccc(F)cc3)CC2)=C(OC)c2c(OC)cccc2S1(=O)=O. The van der Waals surface area contributed by atoms with E-state index in [2.05, 4.69) is 9.80 Å². The van der Waals surface area contributed by atoms with E-state index in [1.165, 1.54) is 23.5 Å². The fraction of sp³-hybridized carbons (Fsp3) is 0.391. The molecular formula is C23H28FN3O4S. The van der Waals surface area contributed by atoms with Crippen molar-refractivity contribution in [3.63, 3.8) is 0 Å². The summed E-state index contributed by atoms with van der Waals surface area (Å²) in [5.41, 5.74) is 1.40. The lowest BCUT2D eigenvalue weighted by molar-refractivity contribution is 0.234. The van der Waals surface area contributed by atoms with Gasteiger partial charge in [-0.3, -0.25) is 0 Å². The van der Waals surface area contributed by atoms with Gasteiger partial charge in [0.25, 0.3) is 10.0 Å². The molecule has 2 aliphatic rings. The topological polar surface area (TPSA) is 62.3 Å². The number of piperazine rings is 1. The highest BCUT2D eigenvalue weighted by molar-refractivity contribution is 7.89. The number of sulfonamides is 1. The molecule has 0 atom stereocenters. The third-order valence-electron chi connectivity index (χ3n) is 5.84. The first-order chi connectivity index (χ1) is 15.4. The zero-order chi connectivity index (χ0) is 22.9. The number of anilines is 1. The van der Waals surface area contributed by atoms with Gasteiger partial charge in [0.15, 0.2) is 11.6 Å². The van der Waals surface area contributed by atoms with Crippen LogP contribution in [0.2, 0.25) is 0 Å². The van der Waals surface area contributed by atoms with E-state index in [-0.39, 0.29) is 10.7 Å². The summed E-state index contributed by atoms with van der Waals surface area (Å²) in [6, 6.07) is 11.4. The molecular weight excluding hydrogens is 433 g/mol. The van der Waals surface area contributed by atoms with Crippen LogP contribution in [0.25, 0.3) is 5.76 Å². The molecule has 0 spiro atoms. The second-order valence-corrected chi connectivity index (χ2v) is 9.55. The van der Waals surface area contributed by atoms with Gasteiger partial charge in [0.05, 0.1) is 19.8 Å². The van der Waals surface area contributed by atoms with Crippen LogP contribution < -0.4 is 9.64 Å². The van der Waals surface area contributed by atoms with Gasteiger partial charge in [-0.1, -0.05) is 13.0 Å². The van der Waals surface area contributed by atoms with Crippen LogP contribution in [0.4, 0.5) is 10.1 Å². The molecule has 2 heterocycles. The Morgan fingerprint density at radius 3 is 2.19 bits per heavy atom. The van der Waals surface area contributed by atoms with Gasteiger partial charge in [0, 0.05) is 38.4 Å². The maximum Gasteiger partial charge on any atom is 0.266 e. The van der Waals surface area contributed by atoms with Crippen LogP contribution in [0, 0.1) is 5.82 Å². The molecule has 2 aromatic rings. The predicted molar refractivity (Wildman–Crippen MR) is 121 cm³/mol. The first kappa shape index (κ1) is 22.3. The van der Waals surface area contributed by atoms with E-state index in [1.807, 2.05) is 6.92 Å². The molecule has 172 valence electrons. The summed E-state index contributed by atoms with van der Waals surface area (Å²) in [5, 5.41) is 0. The minimum atomic E-state index is -3.77. The fourth-order valence-corrected chi connectivity index (χ4v) is 6.12. The largest absolute Gasteiger partial charge is 0.496 e. The smallest absolute Gasteiger partial charge is 0.266 e. The number of hydrogen-bond donors (Lipinski definition) is 0. The van der Waals surface area contributed by atoms with Gasteiger partial charge in [0.1, 0.15) is 16.5 Å². The molecule has 0 aromatic heterocycles. The molecule has 1 saturated heterocycles. The van der Waals surface area contributed by atoms with Gasteiger partial charge in [-0.2, -0.15) is 0 Å². The Kier molecular flexibility index (Phi) is 6.19. The normalized spacial score (nSPS) is 17.9. The molecule has 1 fully saturated rings. The van der Waals surface area contributed by atoms with Crippen LogP contribution in [0.1, 0.15) is 18.9 Å². The summed E-state index contributed by atoms with van der Waals surface area (Å²) in [6.07, 6.45) is 0.661. The minimum absolute atomic E-state index is 0.191. The van der Waals surface area contributed by atoms with Crippen molar-refractivity contribution >= 4 is 21.5 Å². The van der Waals surface area contributed by atoms with Crippen molar-refractivity contribution in [1.82, 2.24) is 9.21 Å². The molecule has 0 unspecified atom stereocenters. The number of ether oxygens (including phenoxy) is 2. The summed E-state index contributed by atoms with van der Waals surface area (Å²) >= 11 is 0. The summed E-state index contributed by atoms with van der Waals surface area (Å²) in [5.74, 6) is 1.24. The predicted octanol–water partition coefficient (Wildman–Crippen LogP) is 3.34. The van der Waals surface area contributed by atoms with Crippen molar-refractivity contribution < 1.29 is 22.3 Å². The Labute approximate surface area is 188 Å². The van der Waals surface area contributed by atoms with E-state index in [0.29, 0.717) is 62.0 Å². The quantitative estimate of drug-likeness (QED) is 0.658. The summed E-state index contributed by atoms with van der Waals surface area (Å²) in [6.45, 7) is 4.84. The Balaban J connectivity index is 1.74. The monoisotopic (exact) mass is 461 g/mol. The second-order valence-electron chi connectivity index (χ2n) is 7.72. The lowest BCUT2D eigenvalue weighted by atomic mass is 10.1. The Morgan fingerprint density at radius 1 is 0.938 bits per heavy atom. The van der Waals surface area contributed by atoms with Crippen molar-refractivity contribution in [3.05, 3.63) is 59.7 Å². The molecule has 4 rings (SSSR count). The number of halogens is 1. The molecule has 0 radical (unpaired) electrons. The zero-order valence-corrected chi connectivity index (χ0v) is 19.4. The highest BCUT2D eigenvalue weighted by Gasteiger charge is 2.41. The maximum atomic E-state index is 13.6. The fourth-order valence-electron chi connectivity index (χ4n) is 4.33. The van der Waals surface area contributed by atoms with Crippen LogP contribution in [-0.4, -0.2) is 64.6 Å². The van der Waals surface area contributed by atoms with E-state index < -0.39 is 10.0 Å². The number of fused-ring (bicyclic) bond motifs is 1. The van der Waals surface area contributed by atoms with Crippen molar-refractivity contribution in [2.75, 3.05) is 51.8 Å². The molecule has 2 aromatic carbocycles. The number of benzene rings is 2. The van der Waals surface area contributed by atoms with Crippen LogP contribution in [0.3, 0.4) is 0 Å². The summed E-state index contributed by atoms with van der Waals surface area (Å²) < 4.78 is 53.3. The van der Waals surface area contributed by atoms with Crippen LogP contribution >= 0.6 is 0 Å². The molecule has 0 N–H and O–H groups in total. The van der Waals surface area contributed by atoms with Gasteiger partial charge in [-0.05, 0) is 42.8 Å². The van der Waals surface area contributed by atoms with Gasteiger partial charge in [0.2, 0.25) is 0 Å². The van der Waals surface area contributed by atoms with E-state index >= 15 is 0 Å². The number of rotatable bonds is 6. The Morgan fingerprint density at radius 2 is 1.59 bits per heavy atom. The highest BCUT2D eigenvalue weighted by Crippen LogP contribution is 2.43. The third kappa shape index (κ3) is 3.74. The van der Waals surface area contributed by atoms with Gasteiger partial charge in [-0.25, -0.2) is 17.1 Å². The molecule has 32 heavy (non-hydrogen) atoms. The van der Waals surface area contributed by atoms with Gasteiger partial charge < -0.3 is 19.3 Å². The average molecular weight is 462 g/mol. The molecule has 0 amide bonds. The Hall–Kier alpha value is -2.94. The first-order valence-corrected chi connectivity index (χ1v) is 12.1. The van der Waals surface area contributed by atoms with Crippen molar-refractivity contribution in [1.29, 1.82) is 0 Å². The number of hydrogen-bond acceptors (Lipinski definition) is 6. The van der Waals surface area contributed by atoms with E-state index in [1.54, 1.807) is 37.4 Å². The lowest BCUT2D eigenvalue weighted by Crippen LogP contribution is -2.51. The first-order valence-electron chi connectivity index (χ1n) is 10.7. The zero-order valence-electron chi connectivity index (χ0n) is 18.5. The average Bonchev–Trinajstić information content (AvgIpc) is 2.81. The van der Waals surface area contributed by atoms with E-state index in [0.717, 1.165) is 5.69 Å². The van der Waals surface area contributed by atoms with Crippen molar-refractivity contribution in [3.8, 4) is 5.75 Å². The van der Waals surface area contributed by atoms with Crippen molar-refractivity contribution in [2.45, 2.75) is 18.2 Å². The minimum Gasteiger partial charge on any atom is -0.496 e. The van der Waals surface area contributed by atoms with Crippen LogP contribution in [0.15, 0.2) is 53.2 Å². The molecule has 0 bridgehead atoms. The van der Waals surface area contributed by atoms with Crippen LogP contribution in [-0.2, 0) is 14.8 Å². The summed E-state index contributed by atoms with van der Waals surface area (Å²) in [7, 11) is -0.690. The number of methoxy groups -OCH3 is 2. The highest BCUT2D eigenvalue weighted by atomic mass is 32.2. The third-order valence-corrected chi connectivity index (χ3v) is 7.68. The maximum absolute atomic E-state index is 13.6. The lowest BCUT2D eigenvalue weighted by Gasteiger charge is -2.43. The summed E-state index contributed by atoms with van der Waals surface area (Å²) in [4.78, 5) is 4.41. The van der Waals surface area contributed by atoms with Crippen LogP contribution in [0.5, 0.6) is 5.75 Å². The van der Waals surface area contributed by atoms with E-state index in [9.17, 15) is 12.8 Å².